The zero-order valence-corrected chi connectivity index (χ0v) is 23.8. The van der Waals surface area contributed by atoms with Crippen LogP contribution in [0.15, 0.2) is 17.0 Å². The van der Waals surface area contributed by atoms with E-state index < -0.39 is 27.0 Å². The average Bonchev–Trinajstić information content (AvgIpc) is 3.22. The fourth-order valence-electron chi connectivity index (χ4n) is 5.27. The maximum atomic E-state index is 13.6. The van der Waals surface area contributed by atoms with Crippen molar-refractivity contribution in [2.24, 2.45) is 0 Å². The Labute approximate surface area is 229 Å². The predicted octanol–water partition coefficient (Wildman–Crippen LogP) is 2.52. The second-order valence-corrected chi connectivity index (χ2v) is 13.9. The molecule has 0 radical (unpaired) electrons. The number of fused-ring (bicyclic) bond motifs is 1. The van der Waals surface area contributed by atoms with Gasteiger partial charge in [0.25, 0.3) is 6.43 Å². The quantitative estimate of drug-likeness (QED) is 0.413. The Morgan fingerprint density at radius 2 is 1.85 bits per heavy atom. The number of likely N-dealkylation sites (N-methyl/N-ethyl adjacent to an activating group) is 1. The van der Waals surface area contributed by atoms with E-state index in [1.165, 1.54) is 10.7 Å². The van der Waals surface area contributed by atoms with Crippen molar-refractivity contribution < 1.29 is 21.9 Å². The van der Waals surface area contributed by atoms with Crippen molar-refractivity contribution in [1.82, 2.24) is 34.9 Å². The number of halogens is 2. The van der Waals surface area contributed by atoms with Crippen molar-refractivity contribution in [3.05, 3.63) is 17.1 Å². The molecule has 2 aromatic heterocycles. The van der Waals surface area contributed by atoms with E-state index in [1.54, 1.807) is 6.07 Å². The molecule has 2 aliphatic heterocycles. The lowest BCUT2D eigenvalue weighted by Gasteiger charge is -2.38. The van der Waals surface area contributed by atoms with Crippen molar-refractivity contribution in [1.29, 1.82) is 0 Å². The number of ether oxygens (including phenoxy) is 1. The summed E-state index contributed by atoms with van der Waals surface area (Å²) in [7, 11) is -1.90. The van der Waals surface area contributed by atoms with Gasteiger partial charge in [-0.25, -0.2) is 26.6 Å². The number of rotatable bonds is 8. The van der Waals surface area contributed by atoms with Crippen LogP contribution in [0.1, 0.15) is 45.0 Å². The zero-order valence-electron chi connectivity index (χ0n) is 22.2. The fraction of sp³-hybridized carbons (Fsp3) is 0.625. The first-order valence-corrected chi connectivity index (χ1v) is 15.3. The molecule has 212 valence electrons. The van der Waals surface area contributed by atoms with Crippen LogP contribution in [-0.2, 0) is 10.0 Å². The molecule has 3 aliphatic rings. The van der Waals surface area contributed by atoms with Crippen molar-refractivity contribution in [2.45, 2.75) is 68.7 Å². The van der Waals surface area contributed by atoms with E-state index >= 15 is 0 Å². The summed E-state index contributed by atoms with van der Waals surface area (Å²) in [6.07, 6.45) is -1.35. The van der Waals surface area contributed by atoms with E-state index in [-0.39, 0.29) is 28.2 Å². The van der Waals surface area contributed by atoms with Gasteiger partial charge in [-0.1, -0.05) is 11.3 Å². The molecule has 2 N–H and O–H groups in total. The Kier molecular flexibility index (Phi) is 6.57. The summed E-state index contributed by atoms with van der Waals surface area (Å²) < 4.78 is 64.5. The lowest BCUT2D eigenvalue weighted by Crippen LogP contribution is -2.54. The molecule has 15 heteroatoms. The second kappa shape index (κ2) is 9.58. The Bertz CT molecular complexity index is 1490. The van der Waals surface area contributed by atoms with Gasteiger partial charge >= 0.3 is 0 Å². The van der Waals surface area contributed by atoms with Gasteiger partial charge in [-0.2, -0.15) is 0 Å². The normalized spacial score (nSPS) is 23.9. The smallest absolute Gasteiger partial charge is 0.291 e. The molecule has 39 heavy (non-hydrogen) atoms. The first-order valence-electron chi connectivity index (χ1n) is 13.0. The van der Waals surface area contributed by atoms with Crippen LogP contribution in [0.4, 0.5) is 14.5 Å². The maximum absolute atomic E-state index is 13.6. The van der Waals surface area contributed by atoms with Crippen molar-refractivity contribution in [3.63, 3.8) is 0 Å². The number of likely N-dealkylation sites (tertiary alicyclic amines) is 1. The largest absolute Gasteiger partial charge is 0.470 e. The molecule has 0 spiro atoms. The lowest BCUT2D eigenvalue weighted by molar-refractivity contribution is 0.0363. The molecule has 1 aliphatic carbocycles. The molecule has 2 atom stereocenters. The van der Waals surface area contributed by atoms with Gasteiger partial charge in [0.05, 0.1) is 21.5 Å². The van der Waals surface area contributed by atoms with Crippen LogP contribution in [0.5, 0.6) is 5.88 Å². The summed E-state index contributed by atoms with van der Waals surface area (Å²) in [5.74, 6) is 0.316. The molecule has 4 heterocycles. The van der Waals surface area contributed by atoms with Crippen LogP contribution in [-0.4, -0.2) is 90.2 Å². The van der Waals surface area contributed by atoms with Crippen LogP contribution < -0.4 is 19.7 Å². The number of nitrogens with one attached hydrogen (secondary N) is 2. The number of alkyl halides is 2. The first-order chi connectivity index (χ1) is 18.4. The first kappa shape index (κ1) is 26.7. The number of sulfonamides is 1. The predicted molar refractivity (Wildman–Crippen MR) is 144 cm³/mol. The lowest BCUT2D eigenvalue weighted by atomic mass is 10.1. The van der Waals surface area contributed by atoms with E-state index in [0.29, 0.717) is 60.0 Å². The zero-order chi connectivity index (χ0) is 27.7. The van der Waals surface area contributed by atoms with Crippen molar-refractivity contribution >= 4 is 38.0 Å². The van der Waals surface area contributed by atoms with Crippen LogP contribution in [0.3, 0.4) is 0 Å². The van der Waals surface area contributed by atoms with Gasteiger partial charge in [0, 0.05) is 43.8 Å². The topological polar surface area (TPSA) is 118 Å². The minimum Gasteiger partial charge on any atom is -0.470 e. The van der Waals surface area contributed by atoms with Gasteiger partial charge in [0.1, 0.15) is 6.10 Å². The summed E-state index contributed by atoms with van der Waals surface area (Å²) in [6.45, 7) is 8.74. The highest BCUT2D eigenvalue weighted by Gasteiger charge is 2.42. The highest BCUT2D eigenvalue weighted by Crippen LogP contribution is 2.42. The van der Waals surface area contributed by atoms with E-state index in [9.17, 15) is 17.2 Å². The van der Waals surface area contributed by atoms with Gasteiger partial charge in [0.2, 0.25) is 21.0 Å². The molecular formula is C24H32F2N8O3S2. The summed E-state index contributed by atoms with van der Waals surface area (Å²) in [5, 5.41) is 16.1. The molecule has 3 aromatic rings. The Hall–Kier alpha value is -2.46. The third kappa shape index (κ3) is 5.22. The number of aromatic nitrogens is 4. The Balaban J connectivity index is 1.56. The van der Waals surface area contributed by atoms with Gasteiger partial charge in [0.15, 0.2) is 5.01 Å². The van der Waals surface area contributed by atoms with Crippen LogP contribution >= 0.6 is 11.3 Å². The van der Waals surface area contributed by atoms with Crippen LogP contribution in [0, 0.1) is 0 Å². The minimum absolute atomic E-state index is 0.0756. The molecule has 6 rings (SSSR count). The highest BCUT2D eigenvalue weighted by atomic mass is 32.2. The van der Waals surface area contributed by atoms with Crippen LogP contribution in [0.25, 0.3) is 16.0 Å². The fourth-order valence-corrected chi connectivity index (χ4v) is 7.44. The molecule has 0 amide bonds. The number of anilines is 1. The Morgan fingerprint density at radius 1 is 1.15 bits per heavy atom. The molecule has 1 saturated carbocycles. The van der Waals surface area contributed by atoms with Gasteiger partial charge in [-0.05, 0) is 52.8 Å². The highest BCUT2D eigenvalue weighted by molar-refractivity contribution is 7.89. The molecular weight excluding hydrogens is 550 g/mol. The molecule has 3 fully saturated rings. The summed E-state index contributed by atoms with van der Waals surface area (Å²) in [6, 6.07) is 3.52. The van der Waals surface area contributed by atoms with E-state index in [1.807, 2.05) is 14.0 Å². The number of hydrogen-bond acceptors (Lipinski definition) is 10. The number of benzene rings is 1. The molecule has 1 aromatic carbocycles. The molecule has 2 saturated heterocycles. The van der Waals surface area contributed by atoms with E-state index in [0.717, 1.165) is 12.8 Å². The second-order valence-electron chi connectivity index (χ2n) is 11.3. The van der Waals surface area contributed by atoms with Crippen LogP contribution in [0.2, 0.25) is 0 Å². The summed E-state index contributed by atoms with van der Waals surface area (Å²) >= 11 is 0.713. The third-order valence-corrected chi connectivity index (χ3v) is 9.92. The van der Waals surface area contributed by atoms with Gasteiger partial charge < -0.3 is 15.0 Å². The average molecular weight is 583 g/mol. The SMILES string of the molecule is C[C@H]1CN(c2cc(S(=O)(=O)NC3(C)CC3)cc3c2c(OC2CN(C)C2)nn3-c2nnc(C(F)F)s2)C[C@H](C)N1. The number of piperazine rings is 1. The number of hydrogen-bond donors (Lipinski definition) is 2. The summed E-state index contributed by atoms with van der Waals surface area (Å²) in [4.78, 5) is 4.33. The monoisotopic (exact) mass is 582 g/mol. The molecule has 11 nitrogen and oxygen atoms in total. The van der Waals surface area contributed by atoms with Gasteiger partial charge in [-0.15, -0.1) is 15.3 Å². The number of nitrogens with zero attached hydrogens (tertiary/aromatic N) is 6. The maximum Gasteiger partial charge on any atom is 0.291 e. The van der Waals surface area contributed by atoms with E-state index in [2.05, 4.69) is 49.0 Å². The molecule has 0 bridgehead atoms. The standard InChI is InChI=1S/C24H32F2N8O3S2/c1-13-9-33(10-14(2)27-13)17-7-16(39(35,36)31-24(3)5-6-24)8-18-19(17)21(37-15-11-32(4)12-15)30-34(18)23-29-28-22(38-23)20(25)26/h7-8,13-15,20,27,31H,5-6,9-12H2,1-4H3/t13-,14-/m0/s1. The third-order valence-electron chi connectivity index (χ3n) is 7.40. The van der Waals surface area contributed by atoms with E-state index in [4.69, 9.17) is 4.74 Å². The Morgan fingerprint density at radius 3 is 2.44 bits per heavy atom. The van der Waals surface area contributed by atoms with Crippen molar-refractivity contribution in [3.8, 4) is 11.0 Å². The minimum atomic E-state index is -3.89. The van der Waals surface area contributed by atoms with Gasteiger partial charge in [-0.3, -0.25) is 4.90 Å². The molecule has 0 unspecified atom stereocenters. The summed E-state index contributed by atoms with van der Waals surface area (Å²) in [5.41, 5.74) is 0.608. The van der Waals surface area contributed by atoms with Crippen molar-refractivity contribution in [2.75, 3.05) is 38.1 Å².